The van der Waals surface area contributed by atoms with Gasteiger partial charge in [0, 0.05) is 19.5 Å². The zero-order valence-corrected chi connectivity index (χ0v) is 16.4. The summed E-state index contributed by atoms with van der Waals surface area (Å²) < 4.78 is 7.01. The Morgan fingerprint density at radius 3 is 2.68 bits per heavy atom. The number of methoxy groups -OCH3 is 1. The lowest BCUT2D eigenvalue weighted by Crippen LogP contribution is -2.40. The van der Waals surface area contributed by atoms with Crippen molar-refractivity contribution in [2.24, 2.45) is 5.92 Å². The van der Waals surface area contributed by atoms with E-state index in [1.807, 2.05) is 36.1 Å². The number of carbonyl (C=O) groups is 2. The molecule has 1 amide bonds. The van der Waals surface area contributed by atoms with E-state index in [1.165, 1.54) is 0 Å². The van der Waals surface area contributed by atoms with Gasteiger partial charge in [0.15, 0.2) is 0 Å². The average Bonchev–Trinajstić information content (AvgIpc) is 3.16. The van der Waals surface area contributed by atoms with Crippen LogP contribution in [0.2, 0.25) is 0 Å². The number of carboxylic acid groups (broad SMARTS) is 1. The van der Waals surface area contributed by atoms with E-state index < -0.39 is 5.97 Å². The number of amides is 1. The molecule has 0 radical (unpaired) electrons. The monoisotopic (exact) mass is 385 g/mol. The molecule has 1 N–H and O–H groups in total. The van der Waals surface area contributed by atoms with Crippen molar-refractivity contribution < 1.29 is 19.4 Å². The molecule has 28 heavy (non-hydrogen) atoms. The van der Waals surface area contributed by atoms with Crippen LogP contribution in [0.4, 0.5) is 0 Å². The molecule has 7 heteroatoms. The molecular weight excluding hydrogens is 358 g/mol. The summed E-state index contributed by atoms with van der Waals surface area (Å²) in [4.78, 5) is 25.8. The molecule has 7 nitrogen and oxygen atoms in total. The fourth-order valence-electron chi connectivity index (χ4n) is 3.82. The van der Waals surface area contributed by atoms with Gasteiger partial charge in [0.2, 0.25) is 0 Å². The van der Waals surface area contributed by atoms with E-state index in [0.717, 1.165) is 30.0 Å². The molecule has 1 aliphatic heterocycles. The number of aromatic nitrogens is 2. The standard InChI is InChI=1S/C21H27N3O4/c1-3-19-18(13-22-24(19)16-7-9-17(28-2)10-8-16)21(27)23-12-4-5-15(14-23)6-11-20(25)26/h7-10,13,15H,3-6,11-12,14H2,1-2H3,(H,25,26). The average molecular weight is 385 g/mol. The zero-order valence-electron chi connectivity index (χ0n) is 16.4. The molecule has 3 rings (SSSR count). The maximum absolute atomic E-state index is 13.1. The van der Waals surface area contributed by atoms with Gasteiger partial charge in [-0.15, -0.1) is 0 Å². The van der Waals surface area contributed by atoms with Crippen LogP contribution in [0.5, 0.6) is 5.75 Å². The normalized spacial score (nSPS) is 16.8. The molecule has 0 saturated carbocycles. The fourth-order valence-corrected chi connectivity index (χ4v) is 3.82. The Morgan fingerprint density at radius 1 is 1.29 bits per heavy atom. The lowest BCUT2D eigenvalue weighted by Gasteiger charge is -2.32. The summed E-state index contributed by atoms with van der Waals surface area (Å²) in [6.07, 6.45) is 4.98. The first-order valence-corrected chi connectivity index (χ1v) is 9.75. The van der Waals surface area contributed by atoms with Crippen molar-refractivity contribution in [2.45, 2.75) is 39.0 Å². The predicted molar refractivity (Wildman–Crippen MR) is 105 cm³/mol. The number of carbonyl (C=O) groups excluding carboxylic acids is 1. The molecule has 2 aromatic rings. The Bertz CT molecular complexity index is 829. The molecular formula is C21H27N3O4. The van der Waals surface area contributed by atoms with Crippen LogP contribution in [0.3, 0.4) is 0 Å². The van der Waals surface area contributed by atoms with Crippen molar-refractivity contribution in [3.8, 4) is 11.4 Å². The largest absolute Gasteiger partial charge is 0.497 e. The van der Waals surface area contributed by atoms with Gasteiger partial charge in [-0.3, -0.25) is 9.59 Å². The van der Waals surface area contributed by atoms with E-state index in [4.69, 9.17) is 9.84 Å². The van der Waals surface area contributed by atoms with Crippen LogP contribution in [-0.4, -0.2) is 51.9 Å². The summed E-state index contributed by atoms with van der Waals surface area (Å²) in [5.41, 5.74) is 2.38. The molecule has 0 bridgehead atoms. The minimum absolute atomic E-state index is 0.0170. The van der Waals surface area contributed by atoms with Crippen molar-refractivity contribution in [1.82, 2.24) is 14.7 Å². The van der Waals surface area contributed by atoms with Gasteiger partial charge in [0.05, 0.1) is 30.3 Å². The number of aliphatic carboxylic acids is 1. The number of rotatable bonds is 7. The third-order valence-corrected chi connectivity index (χ3v) is 5.32. The Morgan fingerprint density at radius 2 is 2.04 bits per heavy atom. The summed E-state index contributed by atoms with van der Waals surface area (Å²) in [6.45, 7) is 3.34. The van der Waals surface area contributed by atoms with E-state index in [2.05, 4.69) is 5.10 Å². The highest BCUT2D eigenvalue weighted by Crippen LogP contribution is 2.25. The molecule has 1 unspecified atom stereocenters. The highest BCUT2D eigenvalue weighted by molar-refractivity contribution is 5.95. The lowest BCUT2D eigenvalue weighted by molar-refractivity contribution is -0.137. The molecule has 1 aromatic carbocycles. The second-order valence-corrected chi connectivity index (χ2v) is 7.16. The minimum atomic E-state index is -0.780. The number of likely N-dealkylation sites (tertiary alicyclic amines) is 1. The van der Waals surface area contributed by atoms with Gasteiger partial charge in [-0.25, -0.2) is 4.68 Å². The van der Waals surface area contributed by atoms with Crippen LogP contribution in [0.25, 0.3) is 5.69 Å². The summed E-state index contributed by atoms with van der Waals surface area (Å²) >= 11 is 0. The summed E-state index contributed by atoms with van der Waals surface area (Å²) in [7, 11) is 1.62. The second-order valence-electron chi connectivity index (χ2n) is 7.16. The first kappa shape index (κ1) is 19.9. The van der Waals surface area contributed by atoms with Crippen molar-refractivity contribution in [3.05, 3.63) is 41.7 Å². The first-order valence-electron chi connectivity index (χ1n) is 9.75. The van der Waals surface area contributed by atoms with Crippen LogP contribution in [-0.2, 0) is 11.2 Å². The van der Waals surface area contributed by atoms with Crippen molar-refractivity contribution in [1.29, 1.82) is 0 Å². The smallest absolute Gasteiger partial charge is 0.303 e. The van der Waals surface area contributed by atoms with Gasteiger partial charge in [0.25, 0.3) is 5.91 Å². The van der Waals surface area contributed by atoms with E-state index in [-0.39, 0.29) is 18.2 Å². The van der Waals surface area contributed by atoms with Gasteiger partial charge < -0.3 is 14.7 Å². The Balaban J connectivity index is 1.78. The zero-order chi connectivity index (χ0) is 20.1. The molecule has 1 aromatic heterocycles. The van der Waals surface area contributed by atoms with Crippen molar-refractivity contribution in [2.75, 3.05) is 20.2 Å². The molecule has 1 saturated heterocycles. The maximum Gasteiger partial charge on any atom is 0.303 e. The molecule has 1 atom stereocenters. The first-order chi connectivity index (χ1) is 13.5. The van der Waals surface area contributed by atoms with E-state index >= 15 is 0 Å². The van der Waals surface area contributed by atoms with E-state index in [9.17, 15) is 9.59 Å². The number of nitrogens with zero attached hydrogens (tertiary/aromatic N) is 3. The topological polar surface area (TPSA) is 84.7 Å². The number of hydrogen-bond donors (Lipinski definition) is 1. The number of benzene rings is 1. The number of ether oxygens (including phenoxy) is 1. The van der Waals surface area contributed by atoms with Crippen molar-refractivity contribution in [3.63, 3.8) is 0 Å². The van der Waals surface area contributed by atoms with Crippen LogP contribution in [0.1, 0.15) is 48.7 Å². The predicted octanol–water partition coefficient (Wildman–Crippen LogP) is 3.16. The lowest BCUT2D eigenvalue weighted by atomic mass is 9.93. The summed E-state index contributed by atoms with van der Waals surface area (Å²) in [5, 5.41) is 13.4. The van der Waals surface area contributed by atoms with Gasteiger partial charge in [-0.1, -0.05) is 6.92 Å². The maximum atomic E-state index is 13.1. The quantitative estimate of drug-likeness (QED) is 0.791. The fraction of sp³-hybridized carbons (Fsp3) is 0.476. The molecule has 2 heterocycles. The number of carboxylic acids is 1. The van der Waals surface area contributed by atoms with Crippen molar-refractivity contribution >= 4 is 11.9 Å². The molecule has 1 fully saturated rings. The van der Waals surface area contributed by atoms with Gasteiger partial charge in [-0.2, -0.15) is 5.10 Å². The Kier molecular flexibility index (Phi) is 6.34. The van der Waals surface area contributed by atoms with E-state index in [0.29, 0.717) is 31.5 Å². The van der Waals surface area contributed by atoms with E-state index in [1.54, 1.807) is 18.0 Å². The Labute approximate surface area is 164 Å². The van der Waals surface area contributed by atoms with Crippen LogP contribution < -0.4 is 4.74 Å². The molecule has 0 spiro atoms. The van der Waals surface area contributed by atoms with Gasteiger partial charge in [0.1, 0.15) is 5.75 Å². The second kappa shape index (κ2) is 8.91. The third kappa shape index (κ3) is 4.35. The molecule has 1 aliphatic rings. The minimum Gasteiger partial charge on any atom is -0.497 e. The SMILES string of the molecule is CCc1c(C(=O)N2CCCC(CCC(=O)O)C2)cnn1-c1ccc(OC)cc1. The van der Waals surface area contributed by atoms with Gasteiger partial charge in [-0.05, 0) is 55.9 Å². The van der Waals surface area contributed by atoms with Crippen LogP contribution >= 0.6 is 0 Å². The Hall–Kier alpha value is -2.83. The molecule has 150 valence electrons. The highest BCUT2D eigenvalue weighted by Gasteiger charge is 2.27. The highest BCUT2D eigenvalue weighted by atomic mass is 16.5. The van der Waals surface area contributed by atoms with Crippen LogP contribution in [0, 0.1) is 5.92 Å². The summed E-state index contributed by atoms with van der Waals surface area (Å²) in [5.74, 6) is 0.218. The van der Waals surface area contributed by atoms with Crippen LogP contribution in [0.15, 0.2) is 30.5 Å². The number of piperidine rings is 1. The van der Waals surface area contributed by atoms with Gasteiger partial charge >= 0.3 is 5.97 Å². The third-order valence-electron chi connectivity index (χ3n) is 5.32. The number of hydrogen-bond acceptors (Lipinski definition) is 4. The molecule has 0 aliphatic carbocycles. The summed E-state index contributed by atoms with van der Waals surface area (Å²) in [6, 6.07) is 7.58.